The molecule has 2 rings (SSSR count). The summed E-state index contributed by atoms with van der Waals surface area (Å²) < 4.78 is 10.6. The van der Waals surface area contributed by atoms with Gasteiger partial charge in [0.1, 0.15) is 18.1 Å². The van der Waals surface area contributed by atoms with Gasteiger partial charge in [-0.2, -0.15) is 0 Å². The van der Waals surface area contributed by atoms with Gasteiger partial charge in [-0.15, -0.1) is 0 Å². The Balaban J connectivity index is 2.00. The van der Waals surface area contributed by atoms with Crippen LogP contribution < -0.4 is 15.2 Å². The summed E-state index contributed by atoms with van der Waals surface area (Å²) in [6, 6.07) is 7.53. The Morgan fingerprint density at radius 3 is 2.85 bits per heavy atom. The molecule has 7 nitrogen and oxygen atoms in total. The van der Waals surface area contributed by atoms with E-state index in [1.165, 1.54) is 12.4 Å². The fourth-order valence-corrected chi connectivity index (χ4v) is 1.49. The molecule has 0 aliphatic rings. The molecule has 0 bridgehead atoms. The number of aromatic nitrogens is 2. The Morgan fingerprint density at radius 2 is 2.20 bits per heavy atom. The Labute approximate surface area is 115 Å². The average molecular weight is 274 g/mol. The molecule has 104 valence electrons. The molecule has 3 N–H and O–H groups in total. The monoisotopic (exact) mass is 274 g/mol. The molecular formula is C13H14N4O3. The van der Waals surface area contributed by atoms with Crippen molar-refractivity contribution in [2.24, 2.45) is 10.9 Å². The summed E-state index contributed by atoms with van der Waals surface area (Å²) in [6.45, 7) is 0.342. The maximum absolute atomic E-state index is 8.51. The number of oxime groups is 1. The summed E-state index contributed by atoms with van der Waals surface area (Å²) in [6.07, 6.45) is 2.78. The summed E-state index contributed by atoms with van der Waals surface area (Å²) in [4.78, 5) is 7.98. The third kappa shape index (κ3) is 3.35. The van der Waals surface area contributed by atoms with Crippen molar-refractivity contribution >= 4 is 5.84 Å². The molecule has 1 heterocycles. The number of benzene rings is 1. The van der Waals surface area contributed by atoms with Crippen molar-refractivity contribution in [3.05, 3.63) is 47.9 Å². The molecule has 0 aliphatic heterocycles. The van der Waals surface area contributed by atoms with Crippen LogP contribution in [0.4, 0.5) is 0 Å². The van der Waals surface area contributed by atoms with E-state index in [0.29, 0.717) is 12.5 Å². The summed E-state index contributed by atoms with van der Waals surface area (Å²) in [5, 5.41) is 11.3. The van der Waals surface area contributed by atoms with Gasteiger partial charge in [-0.05, 0) is 17.7 Å². The number of rotatable bonds is 5. The van der Waals surface area contributed by atoms with Crippen molar-refractivity contribution in [2.45, 2.75) is 6.61 Å². The minimum absolute atomic E-state index is 0.100. The zero-order valence-electron chi connectivity index (χ0n) is 10.9. The maximum atomic E-state index is 8.51. The van der Waals surface area contributed by atoms with Crippen LogP contribution in [0.2, 0.25) is 0 Å². The summed E-state index contributed by atoms with van der Waals surface area (Å²) in [7, 11) is 1.61. The lowest BCUT2D eigenvalue weighted by atomic mass is 10.2. The van der Waals surface area contributed by atoms with Crippen LogP contribution >= 0.6 is 0 Å². The van der Waals surface area contributed by atoms with Gasteiger partial charge in [0.05, 0.1) is 19.5 Å². The predicted molar refractivity (Wildman–Crippen MR) is 71.9 cm³/mol. The highest BCUT2D eigenvalue weighted by Crippen LogP contribution is 2.14. The second-order valence-corrected chi connectivity index (χ2v) is 3.87. The molecule has 2 aromatic rings. The highest BCUT2D eigenvalue weighted by atomic mass is 16.5. The van der Waals surface area contributed by atoms with Gasteiger partial charge in [0.15, 0.2) is 5.84 Å². The minimum Gasteiger partial charge on any atom is -0.497 e. The highest BCUT2D eigenvalue weighted by Gasteiger charge is 2.03. The largest absolute Gasteiger partial charge is 0.497 e. The first-order valence-electron chi connectivity index (χ1n) is 5.78. The van der Waals surface area contributed by atoms with Crippen molar-refractivity contribution in [1.82, 2.24) is 9.97 Å². The number of hydrogen-bond donors (Lipinski definition) is 2. The Bertz CT molecular complexity index is 599. The molecule has 0 radical (unpaired) electrons. The van der Waals surface area contributed by atoms with Crippen molar-refractivity contribution in [2.75, 3.05) is 7.11 Å². The van der Waals surface area contributed by atoms with E-state index in [2.05, 4.69) is 15.1 Å². The first-order valence-corrected chi connectivity index (χ1v) is 5.78. The van der Waals surface area contributed by atoms with E-state index in [-0.39, 0.29) is 11.5 Å². The van der Waals surface area contributed by atoms with E-state index in [9.17, 15) is 0 Å². The van der Waals surface area contributed by atoms with Gasteiger partial charge in [0.2, 0.25) is 5.88 Å². The maximum Gasteiger partial charge on any atom is 0.232 e. The van der Waals surface area contributed by atoms with Gasteiger partial charge in [-0.25, -0.2) is 9.97 Å². The van der Waals surface area contributed by atoms with E-state index in [1.807, 2.05) is 24.3 Å². The van der Waals surface area contributed by atoms with Crippen molar-refractivity contribution in [3.8, 4) is 11.6 Å². The molecule has 1 aromatic carbocycles. The zero-order chi connectivity index (χ0) is 14.4. The molecule has 0 saturated carbocycles. The van der Waals surface area contributed by atoms with Gasteiger partial charge in [-0.1, -0.05) is 17.3 Å². The quantitative estimate of drug-likeness (QED) is 0.367. The van der Waals surface area contributed by atoms with Crippen LogP contribution in [0.5, 0.6) is 11.6 Å². The molecule has 7 heteroatoms. The Hall–Kier alpha value is -2.83. The summed E-state index contributed by atoms with van der Waals surface area (Å²) in [5.74, 6) is 1.01. The minimum atomic E-state index is -0.100. The summed E-state index contributed by atoms with van der Waals surface area (Å²) >= 11 is 0. The average Bonchev–Trinajstić information content (AvgIpc) is 2.53. The normalized spacial score (nSPS) is 11.2. The molecule has 0 aliphatic carbocycles. The van der Waals surface area contributed by atoms with Gasteiger partial charge in [0.25, 0.3) is 0 Å². The van der Waals surface area contributed by atoms with Crippen LogP contribution in [0.1, 0.15) is 11.3 Å². The lowest BCUT2D eigenvalue weighted by molar-refractivity contribution is 0.291. The highest BCUT2D eigenvalue weighted by molar-refractivity contribution is 5.94. The van der Waals surface area contributed by atoms with Gasteiger partial charge < -0.3 is 20.4 Å². The lowest BCUT2D eigenvalue weighted by Gasteiger charge is -2.07. The molecule has 1 aromatic heterocycles. The zero-order valence-corrected chi connectivity index (χ0v) is 10.9. The molecule has 0 atom stereocenters. The standard InChI is InChI=1S/C13H14N4O3/c1-19-10-4-2-3-9(5-10)8-20-12-7-15-11(6-16-12)13(14)17-18/h2-7,18H,8H2,1H3,(H2,14,17). The first kappa shape index (κ1) is 13.6. The van der Waals surface area contributed by atoms with Crippen molar-refractivity contribution in [3.63, 3.8) is 0 Å². The number of ether oxygens (including phenoxy) is 2. The fraction of sp³-hybridized carbons (Fsp3) is 0.154. The molecule has 0 spiro atoms. The summed E-state index contributed by atoms with van der Waals surface area (Å²) in [5.41, 5.74) is 6.61. The molecule has 0 fully saturated rings. The van der Waals surface area contributed by atoms with Crippen LogP contribution in [0, 0.1) is 0 Å². The van der Waals surface area contributed by atoms with E-state index in [0.717, 1.165) is 11.3 Å². The number of nitrogens with zero attached hydrogens (tertiary/aromatic N) is 3. The van der Waals surface area contributed by atoms with Crippen LogP contribution in [0.25, 0.3) is 0 Å². The topological polar surface area (TPSA) is 103 Å². The Kier molecular flexibility index (Phi) is 4.33. The number of amidine groups is 1. The fourth-order valence-electron chi connectivity index (χ4n) is 1.49. The van der Waals surface area contributed by atoms with E-state index >= 15 is 0 Å². The third-order valence-electron chi connectivity index (χ3n) is 2.52. The van der Waals surface area contributed by atoms with Crippen LogP contribution in [0.3, 0.4) is 0 Å². The molecule has 0 unspecified atom stereocenters. The molecule has 0 saturated heterocycles. The van der Waals surface area contributed by atoms with Gasteiger partial charge in [-0.3, -0.25) is 0 Å². The van der Waals surface area contributed by atoms with E-state index in [1.54, 1.807) is 7.11 Å². The smallest absolute Gasteiger partial charge is 0.232 e. The number of hydrogen-bond acceptors (Lipinski definition) is 6. The van der Waals surface area contributed by atoms with Crippen LogP contribution in [0.15, 0.2) is 41.8 Å². The molecular weight excluding hydrogens is 260 g/mol. The molecule has 20 heavy (non-hydrogen) atoms. The van der Waals surface area contributed by atoms with Gasteiger partial charge in [0, 0.05) is 0 Å². The van der Waals surface area contributed by atoms with Crippen LogP contribution in [-0.2, 0) is 6.61 Å². The first-order chi connectivity index (χ1) is 9.72. The Morgan fingerprint density at radius 1 is 1.35 bits per heavy atom. The van der Waals surface area contributed by atoms with Gasteiger partial charge >= 0.3 is 0 Å². The molecule has 0 amide bonds. The second kappa shape index (κ2) is 6.37. The van der Waals surface area contributed by atoms with E-state index in [4.69, 9.17) is 20.4 Å². The van der Waals surface area contributed by atoms with Crippen LogP contribution in [-0.4, -0.2) is 28.1 Å². The predicted octanol–water partition coefficient (Wildman–Crippen LogP) is 1.16. The lowest BCUT2D eigenvalue weighted by Crippen LogP contribution is -2.15. The van der Waals surface area contributed by atoms with E-state index < -0.39 is 0 Å². The van der Waals surface area contributed by atoms with Crippen molar-refractivity contribution in [1.29, 1.82) is 0 Å². The number of methoxy groups -OCH3 is 1. The SMILES string of the molecule is COc1cccc(COc2cnc(C(N)=NO)cn2)c1. The second-order valence-electron chi connectivity index (χ2n) is 3.87. The van der Waals surface area contributed by atoms with Crippen molar-refractivity contribution < 1.29 is 14.7 Å². The third-order valence-corrected chi connectivity index (χ3v) is 2.52. The number of nitrogens with two attached hydrogens (primary N) is 1.